The first-order valence-corrected chi connectivity index (χ1v) is 7.45. The number of benzene rings is 1. The number of nitrogens with one attached hydrogen (secondary N) is 1. The van der Waals surface area contributed by atoms with Crippen LogP contribution in [0.1, 0.15) is 15.9 Å². The van der Waals surface area contributed by atoms with Crippen LogP contribution in [0.3, 0.4) is 0 Å². The van der Waals surface area contributed by atoms with Gasteiger partial charge in [-0.1, -0.05) is 15.9 Å². The van der Waals surface area contributed by atoms with Crippen molar-refractivity contribution < 1.29 is 4.79 Å². The minimum atomic E-state index is -0.185. The van der Waals surface area contributed by atoms with Crippen LogP contribution in [-0.4, -0.2) is 20.4 Å². The van der Waals surface area contributed by atoms with Gasteiger partial charge < -0.3 is 5.32 Å². The summed E-state index contributed by atoms with van der Waals surface area (Å²) in [6, 6.07) is 9.24. The first-order chi connectivity index (χ1) is 10.6. The number of hydrogen-bond donors (Lipinski definition) is 1. The molecule has 22 heavy (non-hydrogen) atoms. The van der Waals surface area contributed by atoms with Crippen LogP contribution < -0.4 is 5.32 Å². The number of aromatic nitrogens is 3. The lowest BCUT2D eigenvalue weighted by atomic mass is 10.2. The Labute approximate surface area is 136 Å². The maximum absolute atomic E-state index is 12.3. The fourth-order valence-corrected chi connectivity index (χ4v) is 2.51. The van der Waals surface area contributed by atoms with Crippen LogP contribution in [0.15, 0.2) is 59.7 Å². The highest BCUT2D eigenvalue weighted by molar-refractivity contribution is 9.10. The fraction of sp³-hybridized carbons (Fsp3) is 0.0625. The van der Waals surface area contributed by atoms with E-state index in [0.29, 0.717) is 11.4 Å². The second kappa shape index (κ2) is 6.11. The number of imidazole rings is 1. The number of pyridine rings is 1. The standard InChI is InChI=1S/C16H13BrN4O/c1-11-8-13(17)3-4-14(11)20-16(22)12-2-5-15(19-9-12)21-7-6-18-10-21/h2-10H,1H3,(H,20,22). The third-order valence-corrected chi connectivity index (χ3v) is 3.71. The lowest BCUT2D eigenvalue weighted by molar-refractivity contribution is 0.102. The number of anilines is 1. The molecular weight excluding hydrogens is 344 g/mol. The van der Waals surface area contributed by atoms with Crippen molar-refractivity contribution in [1.29, 1.82) is 0 Å². The molecule has 3 aromatic rings. The Morgan fingerprint density at radius 3 is 2.77 bits per heavy atom. The molecular formula is C16H13BrN4O. The van der Waals surface area contributed by atoms with Gasteiger partial charge in [0.1, 0.15) is 12.1 Å². The Hall–Kier alpha value is -2.47. The number of nitrogens with zero attached hydrogens (tertiary/aromatic N) is 3. The molecule has 2 aromatic heterocycles. The first-order valence-electron chi connectivity index (χ1n) is 6.65. The number of aryl methyl sites for hydroxylation is 1. The van der Waals surface area contributed by atoms with Crippen LogP contribution in [0.25, 0.3) is 5.82 Å². The number of halogens is 1. The Kier molecular flexibility index (Phi) is 4.02. The predicted octanol–water partition coefficient (Wildman–Crippen LogP) is 3.59. The summed E-state index contributed by atoms with van der Waals surface area (Å²) in [5, 5.41) is 2.89. The van der Waals surface area contributed by atoms with E-state index < -0.39 is 0 Å². The van der Waals surface area contributed by atoms with E-state index in [9.17, 15) is 4.79 Å². The van der Waals surface area contributed by atoms with Gasteiger partial charge in [0.25, 0.3) is 5.91 Å². The molecule has 0 spiro atoms. The van der Waals surface area contributed by atoms with Crippen molar-refractivity contribution in [1.82, 2.24) is 14.5 Å². The van der Waals surface area contributed by atoms with Gasteiger partial charge in [-0.05, 0) is 42.8 Å². The SMILES string of the molecule is Cc1cc(Br)ccc1NC(=O)c1ccc(-n2ccnc2)nc1. The minimum absolute atomic E-state index is 0.185. The third-order valence-electron chi connectivity index (χ3n) is 3.22. The topological polar surface area (TPSA) is 59.8 Å². The summed E-state index contributed by atoms with van der Waals surface area (Å²) in [4.78, 5) is 20.5. The average molecular weight is 357 g/mol. The molecule has 0 aliphatic heterocycles. The van der Waals surface area contributed by atoms with Gasteiger partial charge in [0, 0.05) is 28.8 Å². The van der Waals surface area contributed by atoms with Crippen LogP contribution in [0.2, 0.25) is 0 Å². The van der Waals surface area contributed by atoms with E-state index in [0.717, 1.165) is 15.7 Å². The molecule has 0 saturated heterocycles. The normalized spacial score (nSPS) is 10.5. The largest absolute Gasteiger partial charge is 0.322 e. The molecule has 2 heterocycles. The van der Waals surface area contributed by atoms with E-state index in [-0.39, 0.29) is 5.91 Å². The molecule has 0 unspecified atom stereocenters. The van der Waals surface area contributed by atoms with Gasteiger partial charge in [0.05, 0.1) is 5.56 Å². The van der Waals surface area contributed by atoms with E-state index in [1.165, 1.54) is 0 Å². The van der Waals surface area contributed by atoms with E-state index in [2.05, 4.69) is 31.2 Å². The molecule has 1 aromatic carbocycles. The molecule has 0 fully saturated rings. The highest BCUT2D eigenvalue weighted by Crippen LogP contribution is 2.20. The number of hydrogen-bond acceptors (Lipinski definition) is 3. The number of carbonyl (C=O) groups excluding carboxylic acids is 1. The zero-order valence-electron chi connectivity index (χ0n) is 11.8. The van der Waals surface area contributed by atoms with Crippen LogP contribution in [0.4, 0.5) is 5.69 Å². The molecule has 0 aliphatic carbocycles. The highest BCUT2D eigenvalue weighted by atomic mass is 79.9. The van der Waals surface area contributed by atoms with Gasteiger partial charge >= 0.3 is 0 Å². The molecule has 1 amide bonds. The zero-order valence-corrected chi connectivity index (χ0v) is 13.4. The summed E-state index contributed by atoms with van der Waals surface area (Å²) in [6.45, 7) is 1.95. The van der Waals surface area contributed by atoms with E-state index in [1.807, 2.05) is 25.1 Å². The van der Waals surface area contributed by atoms with E-state index in [1.54, 1.807) is 41.6 Å². The maximum atomic E-state index is 12.3. The van der Waals surface area contributed by atoms with Gasteiger partial charge in [-0.25, -0.2) is 9.97 Å². The minimum Gasteiger partial charge on any atom is -0.322 e. The predicted molar refractivity (Wildman–Crippen MR) is 88.2 cm³/mol. The van der Waals surface area contributed by atoms with Crippen LogP contribution in [0, 0.1) is 6.92 Å². The van der Waals surface area contributed by atoms with Crippen LogP contribution in [0.5, 0.6) is 0 Å². The van der Waals surface area contributed by atoms with Crippen molar-refractivity contribution in [2.75, 3.05) is 5.32 Å². The second-order valence-corrected chi connectivity index (χ2v) is 5.70. The molecule has 0 saturated carbocycles. The molecule has 5 nitrogen and oxygen atoms in total. The summed E-state index contributed by atoms with van der Waals surface area (Å²) in [7, 11) is 0. The lowest BCUT2D eigenvalue weighted by Crippen LogP contribution is -2.13. The molecule has 3 rings (SSSR count). The summed E-state index contributed by atoms with van der Waals surface area (Å²) in [5.74, 6) is 0.531. The molecule has 6 heteroatoms. The van der Waals surface area contributed by atoms with E-state index >= 15 is 0 Å². The summed E-state index contributed by atoms with van der Waals surface area (Å²) in [6.07, 6.45) is 6.69. The van der Waals surface area contributed by atoms with Crippen molar-refractivity contribution in [2.24, 2.45) is 0 Å². The molecule has 0 radical (unpaired) electrons. The molecule has 0 aliphatic rings. The van der Waals surface area contributed by atoms with Gasteiger partial charge in [-0.15, -0.1) is 0 Å². The van der Waals surface area contributed by atoms with Gasteiger partial charge in [0.2, 0.25) is 0 Å². The second-order valence-electron chi connectivity index (χ2n) is 4.79. The highest BCUT2D eigenvalue weighted by Gasteiger charge is 2.09. The summed E-state index contributed by atoms with van der Waals surface area (Å²) in [5.41, 5.74) is 2.28. The van der Waals surface area contributed by atoms with Crippen molar-refractivity contribution in [2.45, 2.75) is 6.92 Å². The average Bonchev–Trinajstić information content (AvgIpc) is 3.04. The first kappa shape index (κ1) is 14.5. The zero-order chi connectivity index (χ0) is 15.5. The monoisotopic (exact) mass is 356 g/mol. The number of rotatable bonds is 3. The Bertz CT molecular complexity index is 798. The van der Waals surface area contributed by atoms with E-state index in [4.69, 9.17) is 0 Å². The number of amides is 1. The molecule has 0 bridgehead atoms. The van der Waals surface area contributed by atoms with Gasteiger partial charge in [0.15, 0.2) is 0 Å². The molecule has 0 atom stereocenters. The smallest absolute Gasteiger partial charge is 0.257 e. The van der Waals surface area contributed by atoms with Crippen molar-refractivity contribution in [3.63, 3.8) is 0 Å². The number of carbonyl (C=O) groups is 1. The third kappa shape index (κ3) is 3.07. The lowest BCUT2D eigenvalue weighted by Gasteiger charge is -2.09. The molecule has 1 N–H and O–H groups in total. The van der Waals surface area contributed by atoms with Gasteiger partial charge in [-0.2, -0.15) is 0 Å². The van der Waals surface area contributed by atoms with Crippen molar-refractivity contribution in [3.8, 4) is 5.82 Å². The van der Waals surface area contributed by atoms with Crippen LogP contribution in [-0.2, 0) is 0 Å². The Morgan fingerprint density at radius 2 is 2.14 bits per heavy atom. The van der Waals surface area contributed by atoms with Gasteiger partial charge in [-0.3, -0.25) is 9.36 Å². The maximum Gasteiger partial charge on any atom is 0.257 e. The quantitative estimate of drug-likeness (QED) is 0.779. The Morgan fingerprint density at radius 1 is 1.27 bits per heavy atom. The van der Waals surface area contributed by atoms with Crippen LogP contribution >= 0.6 is 15.9 Å². The summed E-state index contributed by atoms with van der Waals surface area (Å²) >= 11 is 3.40. The molecule has 110 valence electrons. The van der Waals surface area contributed by atoms with Crippen molar-refractivity contribution >= 4 is 27.5 Å². The fourth-order valence-electron chi connectivity index (χ4n) is 2.03. The van der Waals surface area contributed by atoms with Crippen molar-refractivity contribution in [3.05, 3.63) is 70.8 Å². The summed E-state index contributed by atoms with van der Waals surface area (Å²) < 4.78 is 2.76. The Balaban J connectivity index is 1.77.